The Morgan fingerprint density at radius 3 is 2.78 bits per heavy atom. The van der Waals surface area contributed by atoms with E-state index in [2.05, 4.69) is 4.72 Å². The predicted octanol–water partition coefficient (Wildman–Crippen LogP) is 0.972. The standard InChI is InChI=1S/C12H18N2O3S/c1-9(10-6-7-17-8-10)14-18(15,16)12-5-3-2-4-11(12)13/h2-5,9-10,14H,6-8,13H2,1H3. The number of benzene rings is 1. The van der Waals surface area contributed by atoms with Gasteiger partial charge in [0.1, 0.15) is 4.90 Å². The maximum atomic E-state index is 12.2. The van der Waals surface area contributed by atoms with Crippen LogP contribution < -0.4 is 10.5 Å². The number of para-hydroxylation sites is 1. The van der Waals surface area contributed by atoms with Crippen molar-refractivity contribution in [2.24, 2.45) is 5.92 Å². The average Bonchev–Trinajstić information content (AvgIpc) is 2.82. The summed E-state index contributed by atoms with van der Waals surface area (Å²) >= 11 is 0. The van der Waals surface area contributed by atoms with E-state index in [0.29, 0.717) is 13.2 Å². The number of hydrogen-bond donors (Lipinski definition) is 2. The van der Waals surface area contributed by atoms with Crippen molar-refractivity contribution in [2.45, 2.75) is 24.3 Å². The molecule has 1 fully saturated rings. The lowest BCUT2D eigenvalue weighted by Gasteiger charge is -2.19. The van der Waals surface area contributed by atoms with E-state index in [0.717, 1.165) is 6.42 Å². The first-order valence-electron chi connectivity index (χ1n) is 5.95. The summed E-state index contributed by atoms with van der Waals surface area (Å²) in [6, 6.07) is 6.31. The summed E-state index contributed by atoms with van der Waals surface area (Å²) in [5, 5.41) is 0. The maximum Gasteiger partial charge on any atom is 0.242 e. The lowest BCUT2D eigenvalue weighted by molar-refractivity contribution is 0.180. The Kier molecular flexibility index (Phi) is 3.89. The minimum absolute atomic E-state index is 0.135. The third-order valence-electron chi connectivity index (χ3n) is 3.22. The minimum Gasteiger partial charge on any atom is -0.398 e. The molecule has 0 saturated carbocycles. The Balaban J connectivity index is 2.14. The average molecular weight is 270 g/mol. The second-order valence-corrected chi connectivity index (χ2v) is 6.25. The van der Waals surface area contributed by atoms with E-state index in [9.17, 15) is 8.42 Å². The molecular formula is C12H18N2O3S. The molecule has 1 aromatic carbocycles. The first-order valence-corrected chi connectivity index (χ1v) is 7.43. The highest BCUT2D eigenvalue weighted by molar-refractivity contribution is 7.89. The number of sulfonamides is 1. The van der Waals surface area contributed by atoms with Crippen LogP contribution in [0.25, 0.3) is 0 Å². The van der Waals surface area contributed by atoms with Crippen molar-refractivity contribution in [1.82, 2.24) is 4.72 Å². The smallest absolute Gasteiger partial charge is 0.242 e. The quantitative estimate of drug-likeness (QED) is 0.799. The van der Waals surface area contributed by atoms with Gasteiger partial charge in [0.15, 0.2) is 0 Å². The second-order valence-electron chi connectivity index (χ2n) is 4.57. The monoisotopic (exact) mass is 270 g/mol. The Morgan fingerprint density at radius 1 is 1.44 bits per heavy atom. The van der Waals surface area contributed by atoms with Gasteiger partial charge >= 0.3 is 0 Å². The first kappa shape index (κ1) is 13.3. The van der Waals surface area contributed by atoms with Crippen molar-refractivity contribution >= 4 is 15.7 Å². The number of nitrogens with one attached hydrogen (secondary N) is 1. The zero-order chi connectivity index (χ0) is 13.2. The van der Waals surface area contributed by atoms with E-state index in [1.807, 2.05) is 6.92 Å². The highest BCUT2D eigenvalue weighted by Gasteiger charge is 2.27. The molecule has 2 rings (SSSR count). The summed E-state index contributed by atoms with van der Waals surface area (Å²) in [5.41, 5.74) is 5.96. The number of rotatable bonds is 4. The molecular weight excluding hydrogens is 252 g/mol. The van der Waals surface area contributed by atoms with Gasteiger partial charge in [-0.3, -0.25) is 0 Å². The van der Waals surface area contributed by atoms with Gasteiger partial charge in [-0.1, -0.05) is 12.1 Å². The van der Waals surface area contributed by atoms with Gasteiger partial charge in [-0.25, -0.2) is 13.1 Å². The van der Waals surface area contributed by atoms with Gasteiger partial charge in [0.2, 0.25) is 10.0 Å². The normalized spacial score (nSPS) is 21.9. The number of nitrogens with two attached hydrogens (primary N) is 1. The summed E-state index contributed by atoms with van der Waals surface area (Å²) in [4.78, 5) is 0.135. The summed E-state index contributed by atoms with van der Waals surface area (Å²) in [5.74, 6) is 0.227. The van der Waals surface area contributed by atoms with Crippen molar-refractivity contribution in [3.05, 3.63) is 24.3 Å². The lowest BCUT2D eigenvalue weighted by atomic mass is 10.0. The van der Waals surface area contributed by atoms with Gasteiger partial charge in [0.05, 0.1) is 12.3 Å². The summed E-state index contributed by atoms with van der Waals surface area (Å²) in [6.45, 7) is 3.16. The summed E-state index contributed by atoms with van der Waals surface area (Å²) < 4.78 is 32.3. The van der Waals surface area contributed by atoms with E-state index in [-0.39, 0.29) is 22.5 Å². The predicted molar refractivity (Wildman–Crippen MR) is 69.6 cm³/mol. The molecule has 18 heavy (non-hydrogen) atoms. The fourth-order valence-electron chi connectivity index (χ4n) is 2.08. The molecule has 1 aliphatic heterocycles. The molecule has 1 aliphatic rings. The molecule has 5 nitrogen and oxygen atoms in total. The van der Waals surface area contributed by atoms with Crippen LogP contribution in [0.5, 0.6) is 0 Å². The van der Waals surface area contributed by atoms with Crippen LogP contribution >= 0.6 is 0 Å². The highest BCUT2D eigenvalue weighted by atomic mass is 32.2. The Bertz CT molecular complexity index is 510. The fraction of sp³-hybridized carbons (Fsp3) is 0.500. The van der Waals surface area contributed by atoms with Crippen molar-refractivity contribution in [2.75, 3.05) is 18.9 Å². The molecule has 0 radical (unpaired) electrons. The molecule has 0 aliphatic carbocycles. The van der Waals surface area contributed by atoms with Crippen molar-refractivity contribution in [3.63, 3.8) is 0 Å². The van der Waals surface area contributed by atoms with Crippen LogP contribution in [0.15, 0.2) is 29.2 Å². The van der Waals surface area contributed by atoms with Gasteiger partial charge in [0, 0.05) is 18.6 Å². The van der Waals surface area contributed by atoms with Gasteiger partial charge in [-0.2, -0.15) is 0 Å². The number of nitrogen functional groups attached to an aromatic ring is 1. The summed E-state index contributed by atoms with van der Waals surface area (Å²) in [6.07, 6.45) is 0.883. The van der Waals surface area contributed by atoms with Crippen LogP contribution in [-0.2, 0) is 14.8 Å². The Morgan fingerprint density at radius 2 is 2.17 bits per heavy atom. The van der Waals surface area contributed by atoms with Crippen LogP contribution in [0.3, 0.4) is 0 Å². The van der Waals surface area contributed by atoms with Crippen LogP contribution in [-0.4, -0.2) is 27.7 Å². The van der Waals surface area contributed by atoms with E-state index in [1.54, 1.807) is 18.2 Å². The molecule has 0 bridgehead atoms. The second kappa shape index (κ2) is 5.26. The third-order valence-corrected chi connectivity index (χ3v) is 4.85. The van der Waals surface area contributed by atoms with Crippen molar-refractivity contribution in [1.29, 1.82) is 0 Å². The maximum absolute atomic E-state index is 12.2. The lowest BCUT2D eigenvalue weighted by Crippen LogP contribution is -2.38. The molecule has 0 amide bonds. The number of hydrogen-bond acceptors (Lipinski definition) is 4. The molecule has 0 aromatic heterocycles. The van der Waals surface area contributed by atoms with Crippen LogP contribution in [0.1, 0.15) is 13.3 Å². The molecule has 1 saturated heterocycles. The van der Waals surface area contributed by atoms with E-state index >= 15 is 0 Å². The molecule has 2 atom stereocenters. The zero-order valence-electron chi connectivity index (χ0n) is 10.3. The fourth-order valence-corrected chi connectivity index (χ4v) is 3.52. The van der Waals surface area contributed by atoms with E-state index in [4.69, 9.17) is 10.5 Å². The zero-order valence-corrected chi connectivity index (χ0v) is 11.1. The van der Waals surface area contributed by atoms with E-state index < -0.39 is 10.0 Å². The third kappa shape index (κ3) is 2.82. The highest BCUT2D eigenvalue weighted by Crippen LogP contribution is 2.21. The SMILES string of the molecule is CC(NS(=O)(=O)c1ccccc1N)C1CCOC1. The summed E-state index contributed by atoms with van der Waals surface area (Å²) in [7, 11) is -3.56. The van der Waals surface area contributed by atoms with Gasteiger partial charge in [0.25, 0.3) is 0 Å². The number of ether oxygens (including phenoxy) is 1. The van der Waals surface area contributed by atoms with Crippen molar-refractivity contribution < 1.29 is 13.2 Å². The van der Waals surface area contributed by atoms with Crippen molar-refractivity contribution in [3.8, 4) is 0 Å². The van der Waals surface area contributed by atoms with Crippen LogP contribution in [0.2, 0.25) is 0 Å². The molecule has 2 unspecified atom stereocenters. The molecule has 6 heteroatoms. The number of anilines is 1. The molecule has 3 N–H and O–H groups in total. The Hall–Kier alpha value is -1.11. The van der Waals surface area contributed by atoms with Gasteiger partial charge < -0.3 is 10.5 Å². The van der Waals surface area contributed by atoms with E-state index in [1.165, 1.54) is 6.07 Å². The molecule has 100 valence electrons. The van der Waals surface area contributed by atoms with Gasteiger partial charge in [-0.15, -0.1) is 0 Å². The molecule has 1 heterocycles. The Labute approximate surface area is 107 Å². The largest absolute Gasteiger partial charge is 0.398 e. The topological polar surface area (TPSA) is 81.4 Å². The van der Waals surface area contributed by atoms with Crippen LogP contribution in [0, 0.1) is 5.92 Å². The minimum atomic E-state index is -3.56. The van der Waals surface area contributed by atoms with Gasteiger partial charge in [-0.05, 0) is 25.5 Å². The van der Waals surface area contributed by atoms with Crippen LogP contribution in [0.4, 0.5) is 5.69 Å². The molecule has 1 aromatic rings. The first-order chi connectivity index (χ1) is 8.50. The molecule has 0 spiro atoms.